The molecule has 0 radical (unpaired) electrons. The van der Waals surface area contributed by atoms with Crippen LogP contribution in [-0.2, 0) is 6.42 Å². The molecule has 1 nitrogen and oxygen atoms in total. The number of nitrogens with one attached hydrogen (secondary N) is 1. The smallest absolute Gasteiger partial charge is 0.141 e. The van der Waals surface area contributed by atoms with Crippen molar-refractivity contribution in [3.63, 3.8) is 0 Å². The largest absolute Gasteiger partial charge is 0.309 e. The molecule has 0 amide bonds. The Kier molecular flexibility index (Phi) is 6.02. The lowest BCUT2D eigenvalue weighted by Gasteiger charge is -2.18. The van der Waals surface area contributed by atoms with Gasteiger partial charge in [0.05, 0.1) is 5.02 Å². The summed E-state index contributed by atoms with van der Waals surface area (Å²) in [6.07, 6.45) is 1.86. The van der Waals surface area contributed by atoms with E-state index in [1.54, 1.807) is 23.5 Å². The lowest BCUT2D eigenvalue weighted by atomic mass is 10.0. The first kappa shape index (κ1) is 16.0. The SMILES string of the molecule is CCCNC(Cc1ccc(F)c(Cl)c1)c1sccc1Br. The van der Waals surface area contributed by atoms with Crippen LogP contribution in [0.4, 0.5) is 4.39 Å². The highest BCUT2D eigenvalue weighted by atomic mass is 79.9. The van der Waals surface area contributed by atoms with E-state index in [0.717, 1.165) is 29.4 Å². The quantitative estimate of drug-likeness (QED) is 0.693. The number of benzene rings is 1. The Balaban J connectivity index is 2.19. The molecule has 1 N–H and O–H groups in total. The van der Waals surface area contributed by atoms with Gasteiger partial charge in [0.15, 0.2) is 0 Å². The van der Waals surface area contributed by atoms with Gasteiger partial charge in [0.1, 0.15) is 5.82 Å². The van der Waals surface area contributed by atoms with E-state index >= 15 is 0 Å². The predicted octanol–water partition coefficient (Wildman–Crippen LogP) is 5.59. The highest BCUT2D eigenvalue weighted by molar-refractivity contribution is 9.10. The molecule has 0 saturated carbocycles. The van der Waals surface area contributed by atoms with Gasteiger partial charge >= 0.3 is 0 Å². The van der Waals surface area contributed by atoms with Gasteiger partial charge in [-0.2, -0.15) is 0 Å². The summed E-state index contributed by atoms with van der Waals surface area (Å²) >= 11 is 11.2. The highest BCUT2D eigenvalue weighted by Crippen LogP contribution is 2.31. The highest BCUT2D eigenvalue weighted by Gasteiger charge is 2.16. The molecule has 0 aliphatic carbocycles. The molecule has 1 aromatic heterocycles. The first-order valence-corrected chi connectivity index (χ1v) is 8.57. The summed E-state index contributed by atoms with van der Waals surface area (Å²) in [5, 5.41) is 5.79. The summed E-state index contributed by atoms with van der Waals surface area (Å²) in [6.45, 7) is 3.09. The minimum absolute atomic E-state index is 0.182. The maximum Gasteiger partial charge on any atom is 0.141 e. The molecule has 1 atom stereocenters. The van der Waals surface area contributed by atoms with Crippen molar-refractivity contribution in [1.82, 2.24) is 5.32 Å². The third kappa shape index (κ3) is 4.04. The third-order valence-electron chi connectivity index (χ3n) is 3.03. The fraction of sp³-hybridized carbons (Fsp3) is 0.333. The maximum atomic E-state index is 13.2. The number of hydrogen-bond donors (Lipinski definition) is 1. The Bertz CT molecular complexity index is 573. The standard InChI is InChI=1S/C15H16BrClFNS/c1-2-6-19-14(15-11(16)5-7-20-15)9-10-3-4-13(18)12(17)8-10/h3-5,7-8,14,19H,2,6,9H2,1H3. The van der Waals surface area contributed by atoms with Crippen LogP contribution < -0.4 is 5.32 Å². The molecule has 0 spiro atoms. The van der Waals surface area contributed by atoms with Crippen molar-refractivity contribution in [3.8, 4) is 0 Å². The van der Waals surface area contributed by atoms with Gasteiger partial charge < -0.3 is 5.32 Å². The minimum Gasteiger partial charge on any atom is -0.309 e. The molecule has 2 rings (SSSR count). The molecule has 20 heavy (non-hydrogen) atoms. The van der Waals surface area contributed by atoms with Gasteiger partial charge in [-0.1, -0.05) is 24.6 Å². The van der Waals surface area contributed by atoms with Crippen LogP contribution >= 0.6 is 38.9 Å². The van der Waals surface area contributed by atoms with Crippen molar-refractivity contribution in [1.29, 1.82) is 0 Å². The molecule has 5 heteroatoms. The summed E-state index contributed by atoms with van der Waals surface area (Å²) in [6, 6.07) is 7.20. The van der Waals surface area contributed by atoms with Crippen LogP contribution in [0.1, 0.15) is 29.8 Å². The Morgan fingerprint density at radius 1 is 1.40 bits per heavy atom. The van der Waals surface area contributed by atoms with Crippen LogP contribution in [0.2, 0.25) is 5.02 Å². The van der Waals surface area contributed by atoms with Gasteiger partial charge in [-0.3, -0.25) is 0 Å². The molecule has 0 saturated heterocycles. The van der Waals surface area contributed by atoms with E-state index in [2.05, 4.69) is 39.6 Å². The Morgan fingerprint density at radius 2 is 2.20 bits per heavy atom. The number of rotatable bonds is 6. The maximum absolute atomic E-state index is 13.2. The normalized spacial score (nSPS) is 12.6. The second-order valence-corrected chi connectivity index (χ2v) is 6.80. The fourth-order valence-corrected chi connectivity index (χ4v) is 3.96. The summed E-state index contributed by atoms with van der Waals surface area (Å²) in [5.41, 5.74) is 1.03. The van der Waals surface area contributed by atoms with Gasteiger partial charge in [0.2, 0.25) is 0 Å². The van der Waals surface area contributed by atoms with E-state index in [1.165, 1.54) is 10.9 Å². The zero-order chi connectivity index (χ0) is 14.5. The van der Waals surface area contributed by atoms with E-state index in [4.69, 9.17) is 11.6 Å². The molecular weight excluding hydrogens is 361 g/mol. The molecule has 108 valence electrons. The van der Waals surface area contributed by atoms with Crippen LogP contribution in [0.25, 0.3) is 0 Å². The van der Waals surface area contributed by atoms with E-state index < -0.39 is 0 Å². The third-order valence-corrected chi connectivity index (χ3v) is 5.30. The van der Waals surface area contributed by atoms with Crippen molar-refractivity contribution in [2.75, 3.05) is 6.54 Å². The summed E-state index contributed by atoms with van der Waals surface area (Å²) < 4.78 is 14.3. The van der Waals surface area contributed by atoms with Crippen molar-refractivity contribution < 1.29 is 4.39 Å². The summed E-state index contributed by atoms with van der Waals surface area (Å²) in [4.78, 5) is 1.26. The van der Waals surface area contributed by atoms with Crippen molar-refractivity contribution in [2.24, 2.45) is 0 Å². The van der Waals surface area contributed by atoms with Gasteiger partial charge in [0.25, 0.3) is 0 Å². The predicted molar refractivity (Wildman–Crippen MR) is 88.2 cm³/mol. The first-order chi connectivity index (χ1) is 9.61. The van der Waals surface area contributed by atoms with E-state index in [9.17, 15) is 4.39 Å². The Morgan fingerprint density at radius 3 is 2.80 bits per heavy atom. The number of thiophene rings is 1. The van der Waals surface area contributed by atoms with Crippen molar-refractivity contribution in [2.45, 2.75) is 25.8 Å². The second-order valence-electron chi connectivity index (χ2n) is 4.59. The molecule has 1 aromatic carbocycles. The van der Waals surface area contributed by atoms with Crippen LogP contribution in [-0.4, -0.2) is 6.54 Å². The Hall–Kier alpha value is -0.420. The molecule has 1 heterocycles. The molecule has 1 unspecified atom stereocenters. The van der Waals surface area contributed by atoms with Gasteiger partial charge in [-0.25, -0.2) is 4.39 Å². The monoisotopic (exact) mass is 375 g/mol. The zero-order valence-corrected chi connectivity index (χ0v) is 14.3. The van der Waals surface area contributed by atoms with Gasteiger partial charge in [-0.15, -0.1) is 11.3 Å². The average Bonchev–Trinajstić information content (AvgIpc) is 2.85. The lowest BCUT2D eigenvalue weighted by molar-refractivity contribution is 0.534. The van der Waals surface area contributed by atoms with Crippen LogP contribution in [0.5, 0.6) is 0 Å². The molecule has 0 aliphatic heterocycles. The molecule has 2 aromatic rings. The summed E-state index contributed by atoms with van der Waals surface area (Å²) in [7, 11) is 0. The zero-order valence-electron chi connectivity index (χ0n) is 11.1. The fourth-order valence-electron chi connectivity index (χ4n) is 2.03. The Labute approximate surface area is 136 Å². The topological polar surface area (TPSA) is 12.0 Å². The summed E-state index contributed by atoms with van der Waals surface area (Å²) in [5.74, 6) is -0.370. The first-order valence-electron chi connectivity index (χ1n) is 6.52. The van der Waals surface area contributed by atoms with Crippen molar-refractivity contribution >= 4 is 38.9 Å². The molecule has 0 bridgehead atoms. The molecule has 0 fully saturated rings. The second kappa shape index (κ2) is 7.55. The minimum atomic E-state index is -0.370. The van der Waals surface area contributed by atoms with Gasteiger partial charge in [0, 0.05) is 15.4 Å². The average molecular weight is 377 g/mol. The number of hydrogen-bond acceptors (Lipinski definition) is 2. The molecular formula is C15H16BrClFNS. The van der Waals surface area contributed by atoms with E-state index in [1.807, 2.05) is 0 Å². The van der Waals surface area contributed by atoms with E-state index in [0.29, 0.717) is 0 Å². The van der Waals surface area contributed by atoms with E-state index in [-0.39, 0.29) is 16.9 Å². The molecule has 0 aliphatic rings. The van der Waals surface area contributed by atoms with Crippen LogP contribution in [0.15, 0.2) is 34.1 Å². The van der Waals surface area contributed by atoms with Crippen LogP contribution in [0.3, 0.4) is 0 Å². The lowest BCUT2D eigenvalue weighted by Crippen LogP contribution is -2.23. The van der Waals surface area contributed by atoms with Crippen molar-refractivity contribution in [3.05, 3.63) is 55.4 Å². The van der Waals surface area contributed by atoms with Crippen LogP contribution in [0, 0.1) is 5.82 Å². The van der Waals surface area contributed by atoms with Gasteiger partial charge in [-0.05, 0) is 64.5 Å². The number of halogens is 3.